The smallest absolute Gasteiger partial charge is 0.273 e. The first-order valence-corrected chi connectivity index (χ1v) is 13.1. The van der Waals surface area contributed by atoms with Crippen LogP contribution in [0.3, 0.4) is 0 Å². The van der Waals surface area contributed by atoms with Gasteiger partial charge >= 0.3 is 0 Å². The summed E-state index contributed by atoms with van der Waals surface area (Å²) >= 11 is 0. The highest BCUT2D eigenvalue weighted by Gasteiger charge is 2.39. The van der Waals surface area contributed by atoms with Crippen LogP contribution >= 0.6 is 0 Å². The van der Waals surface area contributed by atoms with E-state index in [-0.39, 0.29) is 40.6 Å². The molecule has 0 radical (unpaired) electrons. The van der Waals surface area contributed by atoms with Gasteiger partial charge in [-0.3, -0.25) is 15.0 Å². The lowest BCUT2D eigenvalue weighted by atomic mass is 10.2. The average molecular weight is 462 g/mol. The highest BCUT2D eigenvalue weighted by Crippen LogP contribution is 2.30. The topological polar surface area (TPSA) is 127 Å². The van der Waals surface area contributed by atoms with Gasteiger partial charge < -0.3 is 4.74 Å². The van der Waals surface area contributed by atoms with Gasteiger partial charge in [0.25, 0.3) is 5.69 Å². The summed E-state index contributed by atoms with van der Waals surface area (Å²) in [5.74, 6) is -0.279. The third kappa shape index (κ3) is 5.17. The van der Waals surface area contributed by atoms with Crippen molar-refractivity contribution < 1.29 is 26.5 Å². The van der Waals surface area contributed by atoms with Gasteiger partial charge in [0.15, 0.2) is 9.84 Å². The molecule has 0 aromatic heterocycles. The van der Waals surface area contributed by atoms with Gasteiger partial charge in [-0.25, -0.2) is 16.8 Å². The van der Waals surface area contributed by atoms with Gasteiger partial charge in [-0.05, 0) is 32.4 Å². The Bertz CT molecular complexity index is 989. The van der Waals surface area contributed by atoms with Crippen molar-refractivity contribution in [3.63, 3.8) is 0 Å². The van der Waals surface area contributed by atoms with Gasteiger partial charge in [-0.2, -0.15) is 4.31 Å². The van der Waals surface area contributed by atoms with Crippen molar-refractivity contribution in [3.8, 4) is 0 Å². The number of nitro groups is 1. The quantitative estimate of drug-likeness (QED) is 0.411. The van der Waals surface area contributed by atoms with E-state index in [4.69, 9.17) is 4.74 Å². The number of hydrogen-bond acceptors (Lipinski definition) is 8. The maximum atomic E-state index is 13.5. The van der Waals surface area contributed by atoms with Crippen molar-refractivity contribution in [2.75, 3.05) is 50.9 Å². The molecule has 2 heterocycles. The molecule has 1 unspecified atom stereocenters. The summed E-state index contributed by atoms with van der Waals surface area (Å²) in [7, 11) is -7.40. The molecule has 1 aromatic carbocycles. The van der Waals surface area contributed by atoms with Gasteiger partial charge in [0.05, 0.1) is 34.5 Å². The van der Waals surface area contributed by atoms with Gasteiger partial charge in [0.1, 0.15) is 0 Å². The third-order valence-electron chi connectivity index (χ3n) is 5.61. The number of benzene rings is 1. The van der Waals surface area contributed by atoms with Crippen molar-refractivity contribution in [1.82, 2.24) is 9.21 Å². The Labute approximate surface area is 176 Å². The van der Waals surface area contributed by atoms with E-state index in [0.29, 0.717) is 26.2 Å². The molecule has 12 heteroatoms. The molecule has 10 nitrogen and oxygen atoms in total. The highest BCUT2D eigenvalue weighted by atomic mass is 32.2. The predicted molar refractivity (Wildman–Crippen MR) is 111 cm³/mol. The Balaban J connectivity index is 1.86. The number of sulfone groups is 1. The fourth-order valence-electron chi connectivity index (χ4n) is 3.98. The largest absolute Gasteiger partial charge is 0.379 e. The van der Waals surface area contributed by atoms with Crippen LogP contribution < -0.4 is 0 Å². The lowest BCUT2D eigenvalue weighted by molar-refractivity contribution is -0.385. The van der Waals surface area contributed by atoms with Gasteiger partial charge in [0.2, 0.25) is 10.0 Å². The number of sulfonamides is 1. The Kier molecular flexibility index (Phi) is 7.13. The van der Waals surface area contributed by atoms with Crippen molar-refractivity contribution in [1.29, 1.82) is 0 Å². The molecule has 0 saturated carbocycles. The van der Waals surface area contributed by atoms with Crippen LogP contribution in [-0.2, 0) is 24.6 Å². The van der Waals surface area contributed by atoms with E-state index in [1.54, 1.807) is 0 Å². The van der Waals surface area contributed by atoms with Crippen LogP contribution in [-0.4, -0.2) is 87.9 Å². The summed E-state index contributed by atoms with van der Waals surface area (Å²) in [6.07, 6.45) is 0.761. The maximum Gasteiger partial charge on any atom is 0.273 e. The highest BCUT2D eigenvalue weighted by molar-refractivity contribution is 7.92. The second-order valence-corrected chi connectivity index (χ2v) is 11.7. The van der Waals surface area contributed by atoms with Crippen LogP contribution in [0.4, 0.5) is 5.69 Å². The Morgan fingerprint density at radius 1 is 1.30 bits per heavy atom. The number of ether oxygens (including phenoxy) is 1. The molecule has 0 N–H and O–H groups in total. The molecule has 0 bridgehead atoms. The lowest BCUT2D eigenvalue weighted by Crippen LogP contribution is -2.43. The fourth-order valence-corrected chi connectivity index (χ4v) is 7.74. The van der Waals surface area contributed by atoms with E-state index >= 15 is 0 Å². The van der Waals surface area contributed by atoms with Crippen molar-refractivity contribution in [2.24, 2.45) is 0 Å². The minimum Gasteiger partial charge on any atom is -0.379 e. The molecule has 1 aromatic rings. The molecule has 2 fully saturated rings. The molecule has 2 saturated heterocycles. The van der Waals surface area contributed by atoms with Crippen molar-refractivity contribution in [3.05, 3.63) is 33.9 Å². The Morgan fingerprint density at radius 2 is 2.00 bits per heavy atom. The molecule has 168 valence electrons. The van der Waals surface area contributed by atoms with Crippen LogP contribution in [0.2, 0.25) is 0 Å². The first-order valence-electron chi connectivity index (χ1n) is 9.88. The minimum absolute atomic E-state index is 0.0545. The first kappa shape index (κ1) is 23.1. The number of nitro benzene ring substituents is 1. The van der Waals surface area contributed by atoms with E-state index in [2.05, 4.69) is 4.90 Å². The first-order chi connectivity index (χ1) is 14.1. The van der Waals surface area contributed by atoms with Crippen LogP contribution in [0, 0.1) is 17.0 Å². The zero-order valence-electron chi connectivity index (χ0n) is 16.9. The van der Waals surface area contributed by atoms with Gasteiger partial charge in [0, 0.05) is 37.3 Å². The fraction of sp³-hybridized carbons (Fsp3) is 0.667. The molecule has 30 heavy (non-hydrogen) atoms. The van der Waals surface area contributed by atoms with Crippen LogP contribution in [0.25, 0.3) is 0 Å². The monoisotopic (exact) mass is 461 g/mol. The predicted octanol–water partition coefficient (Wildman–Crippen LogP) is 0.803. The second kappa shape index (κ2) is 9.27. The maximum absolute atomic E-state index is 13.5. The van der Waals surface area contributed by atoms with E-state index < -0.39 is 30.8 Å². The second-order valence-electron chi connectivity index (χ2n) is 7.64. The zero-order valence-corrected chi connectivity index (χ0v) is 18.5. The summed E-state index contributed by atoms with van der Waals surface area (Å²) in [5.41, 5.74) is -0.218. The number of morpholine rings is 1. The number of hydrogen-bond donors (Lipinski definition) is 0. The Hall–Kier alpha value is -1.60. The lowest BCUT2D eigenvalue weighted by Gasteiger charge is -2.30. The van der Waals surface area contributed by atoms with E-state index in [9.17, 15) is 26.9 Å². The molecule has 1 atom stereocenters. The van der Waals surface area contributed by atoms with E-state index in [0.717, 1.165) is 13.1 Å². The molecule has 2 aliphatic rings. The number of rotatable bonds is 8. The average Bonchev–Trinajstić information content (AvgIpc) is 3.04. The van der Waals surface area contributed by atoms with Gasteiger partial charge in [-0.1, -0.05) is 6.07 Å². The van der Waals surface area contributed by atoms with Crippen molar-refractivity contribution in [2.45, 2.75) is 30.7 Å². The Morgan fingerprint density at radius 3 is 2.60 bits per heavy atom. The van der Waals surface area contributed by atoms with Crippen LogP contribution in [0.5, 0.6) is 0 Å². The molecule has 0 aliphatic carbocycles. The summed E-state index contributed by atoms with van der Waals surface area (Å²) in [6.45, 7) is 5.04. The van der Waals surface area contributed by atoms with E-state index in [1.165, 1.54) is 29.4 Å². The molecular formula is C18H27N3O7S2. The van der Waals surface area contributed by atoms with Crippen LogP contribution in [0.15, 0.2) is 23.1 Å². The third-order valence-corrected chi connectivity index (χ3v) is 9.46. The molecule has 0 amide bonds. The summed E-state index contributed by atoms with van der Waals surface area (Å²) < 4.78 is 57.5. The van der Waals surface area contributed by atoms with Gasteiger partial charge in [-0.15, -0.1) is 0 Å². The van der Waals surface area contributed by atoms with Crippen LogP contribution in [0.1, 0.15) is 18.4 Å². The summed E-state index contributed by atoms with van der Waals surface area (Å²) in [6, 6.07) is 3.28. The molecule has 0 spiro atoms. The van der Waals surface area contributed by atoms with Crippen molar-refractivity contribution >= 4 is 25.5 Å². The summed E-state index contributed by atoms with van der Waals surface area (Å²) in [4.78, 5) is 12.7. The standard InChI is InChI=1S/C18H27N3O7S2/c1-15-17(21(22)23)4-2-5-18(15)30(26,27)20(16-6-13-29(24,25)14-16)8-3-7-19-9-11-28-12-10-19/h2,4-5,16H,3,6-14H2,1H3. The van der Waals surface area contributed by atoms with E-state index in [1.807, 2.05) is 0 Å². The minimum atomic E-state index is -4.10. The molecule has 2 aliphatic heterocycles. The molecule has 3 rings (SSSR count). The normalized spacial score (nSPS) is 22.4. The number of nitrogens with zero attached hydrogens (tertiary/aromatic N) is 3. The summed E-state index contributed by atoms with van der Waals surface area (Å²) in [5, 5.41) is 11.3. The SMILES string of the molecule is Cc1c([N+](=O)[O-])cccc1S(=O)(=O)N(CCCN1CCOCC1)C1CCS(=O)(=O)C1. The zero-order chi connectivity index (χ0) is 21.9. The molecular weight excluding hydrogens is 434 g/mol.